The summed E-state index contributed by atoms with van der Waals surface area (Å²) in [5.74, 6) is -8.72. The minimum atomic E-state index is -2.64. The molecule has 0 aromatic heterocycles. The van der Waals surface area contributed by atoms with Crippen LogP contribution in [0.3, 0.4) is 0 Å². The van der Waals surface area contributed by atoms with E-state index in [1.54, 1.807) is 20.2 Å². The van der Waals surface area contributed by atoms with E-state index in [2.05, 4.69) is 5.32 Å². The highest BCUT2D eigenvalue weighted by Gasteiger charge is 2.66. The van der Waals surface area contributed by atoms with Gasteiger partial charge in [-0.2, -0.15) is 0 Å². The molecular weight excluding hydrogens is 460 g/mol. The number of ketones is 2. The Hall–Kier alpha value is -3.32. The third kappa shape index (κ3) is 3.44. The Morgan fingerprint density at radius 2 is 1.89 bits per heavy atom. The van der Waals surface area contributed by atoms with Gasteiger partial charge in [0, 0.05) is 17.5 Å². The Bertz CT molecular complexity index is 1180. The molecule has 0 bridgehead atoms. The molecule has 12 heteroatoms. The summed E-state index contributed by atoms with van der Waals surface area (Å²) in [6.45, 7) is -0.352. The number of amides is 2. The number of nitrogens with zero attached hydrogens (tertiary/aromatic N) is 1. The van der Waals surface area contributed by atoms with Gasteiger partial charge < -0.3 is 42.1 Å². The fourth-order valence-corrected chi connectivity index (χ4v) is 5.88. The summed E-state index contributed by atoms with van der Waals surface area (Å²) in [4.78, 5) is 52.1. The van der Waals surface area contributed by atoms with Crippen molar-refractivity contribution in [3.63, 3.8) is 0 Å². The summed E-state index contributed by atoms with van der Waals surface area (Å²) < 4.78 is 0. The number of aliphatic hydroxyl groups excluding tert-OH is 2. The van der Waals surface area contributed by atoms with Crippen molar-refractivity contribution in [2.45, 2.75) is 30.6 Å². The third-order valence-electron chi connectivity index (χ3n) is 7.43. The number of nitrogens with one attached hydrogen (secondary N) is 1. The zero-order valence-corrected chi connectivity index (χ0v) is 19.2. The number of phenolic OH excluding ortho intramolecular Hbond substituents is 1. The number of hydrogen-bond donors (Lipinski definition) is 7. The first-order valence-electron chi connectivity index (χ1n) is 11.1. The predicted molar refractivity (Wildman–Crippen MR) is 121 cm³/mol. The zero-order valence-electron chi connectivity index (χ0n) is 19.2. The van der Waals surface area contributed by atoms with Gasteiger partial charge in [-0.05, 0) is 44.5 Å². The van der Waals surface area contributed by atoms with E-state index in [1.165, 1.54) is 11.0 Å². The SMILES string of the molecule is CN(C)[C@@H]1C(O)C(C(N)=O)C(=O)[C@@]2(O)C(O)=C3C(=O)c4c(ccc(NC(=O)CN)c4O)C[C@H]3C[C@@H]12. The van der Waals surface area contributed by atoms with Crippen molar-refractivity contribution >= 4 is 29.1 Å². The van der Waals surface area contributed by atoms with Gasteiger partial charge in [-0.3, -0.25) is 19.2 Å². The maximum Gasteiger partial charge on any atom is 0.238 e. The summed E-state index contributed by atoms with van der Waals surface area (Å²) in [6.07, 6.45) is -1.32. The van der Waals surface area contributed by atoms with Crippen LogP contribution >= 0.6 is 0 Å². The molecule has 3 aliphatic carbocycles. The van der Waals surface area contributed by atoms with E-state index in [0.29, 0.717) is 5.56 Å². The minimum absolute atomic E-state index is 0.0324. The van der Waals surface area contributed by atoms with Crippen LogP contribution in [0.4, 0.5) is 5.69 Å². The summed E-state index contributed by atoms with van der Waals surface area (Å²) in [6, 6.07) is 2.05. The fourth-order valence-electron chi connectivity index (χ4n) is 5.88. The van der Waals surface area contributed by atoms with Gasteiger partial charge in [-0.25, -0.2) is 0 Å². The highest BCUT2D eigenvalue weighted by Crippen LogP contribution is 2.52. The second-order valence-corrected chi connectivity index (χ2v) is 9.54. The highest BCUT2D eigenvalue weighted by atomic mass is 16.4. The van der Waals surface area contributed by atoms with Crippen molar-refractivity contribution in [3.8, 4) is 5.75 Å². The smallest absolute Gasteiger partial charge is 0.238 e. The van der Waals surface area contributed by atoms with Crippen LogP contribution in [0.25, 0.3) is 0 Å². The lowest BCUT2D eigenvalue weighted by Gasteiger charge is -2.53. The summed E-state index contributed by atoms with van der Waals surface area (Å²) in [5.41, 5.74) is 7.94. The molecule has 2 unspecified atom stereocenters. The number of carbonyl (C=O) groups is 4. The van der Waals surface area contributed by atoms with Gasteiger partial charge in [0.15, 0.2) is 22.9 Å². The summed E-state index contributed by atoms with van der Waals surface area (Å²) in [7, 11) is 3.18. The molecule has 0 aliphatic heterocycles. The summed E-state index contributed by atoms with van der Waals surface area (Å²) in [5, 5.41) is 46.7. The average Bonchev–Trinajstić information content (AvgIpc) is 2.77. The van der Waals surface area contributed by atoms with Gasteiger partial charge in [0.05, 0.1) is 23.9 Å². The number of primary amides is 1. The standard InChI is InChI=1S/C23H28N4O8/c1-27(2)16-10-6-9-5-8-3-4-11(26-12(28)7-24)17(29)13(8)18(30)14(9)20(32)23(10,35)21(33)15(19(16)31)22(25)34/h3-4,9-10,15-16,19,29,31-32,35H,5-7,24H2,1-2H3,(H2,25,34)(H,26,28)/t9-,10-,15?,16-,19?,23-/m0/s1. The number of hydrogen-bond acceptors (Lipinski definition) is 10. The van der Waals surface area contributed by atoms with E-state index >= 15 is 0 Å². The van der Waals surface area contributed by atoms with Crippen LogP contribution in [0.2, 0.25) is 0 Å². The molecule has 6 atom stereocenters. The van der Waals surface area contributed by atoms with Crippen molar-refractivity contribution in [1.29, 1.82) is 0 Å². The molecule has 0 heterocycles. The van der Waals surface area contributed by atoms with Gasteiger partial charge in [-0.1, -0.05) is 6.07 Å². The number of benzene rings is 1. The molecule has 188 valence electrons. The van der Waals surface area contributed by atoms with Gasteiger partial charge in [0.1, 0.15) is 11.7 Å². The Kier molecular flexibility index (Phi) is 5.96. The molecule has 9 N–H and O–H groups in total. The van der Waals surface area contributed by atoms with E-state index in [1.807, 2.05) is 0 Å². The number of nitrogens with two attached hydrogens (primary N) is 2. The second kappa shape index (κ2) is 8.41. The maximum atomic E-state index is 13.5. The molecule has 1 aromatic rings. The lowest BCUT2D eigenvalue weighted by Crippen LogP contribution is -2.71. The van der Waals surface area contributed by atoms with E-state index in [9.17, 15) is 39.6 Å². The minimum Gasteiger partial charge on any atom is -0.508 e. The van der Waals surface area contributed by atoms with Crippen LogP contribution in [0, 0.1) is 17.8 Å². The van der Waals surface area contributed by atoms with Crippen LogP contribution < -0.4 is 16.8 Å². The van der Waals surface area contributed by atoms with E-state index < -0.39 is 70.4 Å². The molecule has 12 nitrogen and oxygen atoms in total. The van der Waals surface area contributed by atoms with Crippen LogP contribution in [0.1, 0.15) is 22.3 Å². The Balaban J connectivity index is 1.88. The predicted octanol–water partition coefficient (Wildman–Crippen LogP) is -1.82. The van der Waals surface area contributed by atoms with Crippen molar-refractivity contribution in [2.24, 2.45) is 29.2 Å². The molecule has 1 fully saturated rings. The fraction of sp³-hybridized carbons (Fsp3) is 0.478. The van der Waals surface area contributed by atoms with Crippen LogP contribution in [0.5, 0.6) is 5.75 Å². The van der Waals surface area contributed by atoms with Crippen molar-refractivity contribution in [1.82, 2.24) is 4.90 Å². The largest absolute Gasteiger partial charge is 0.508 e. The molecule has 35 heavy (non-hydrogen) atoms. The van der Waals surface area contributed by atoms with E-state index in [0.717, 1.165) is 0 Å². The van der Waals surface area contributed by atoms with E-state index in [-0.39, 0.29) is 36.2 Å². The molecule has 2 amide bonds. The van der Waals surface area contributed by atoms with Gasteiger partial charge >= 0.3 is 0 Å². The lowest BCUT2D eigenvalue weighted by atomic mass is 9.56. The van der Waals surface area contributed by atoms with Gasteiger partial charge in [-0.15, -0.1) is 0 Å². The number of rotatable bonds is 4. The van der Waals surface area contributed by atoms with Crippen molar-refractivity contribution in [3.05, 3.63) is 34.6 Å². The Morgan fingerprint density at radius 1 is 1.23 bits per heavy atom. The maximum absolute atomic E-state index is 13.5. The first kappa shape index (κ1) is 24.8. The monoisotopic (exact) mass is 488 g/mol. The molecule has 1 saturated carbocycles. The van der Waals surface area contributed by atoms with E-state index in [4.69, 9.17) is 11.5 Å². The molecule has 4 rings (SSSR count). The zero-order chi connectivity index (χ0) is 26.0. The van der Waals surface area contributed by atoms with Crippen molar-refractivity contribution < 1.29 is 39.6 Å². The lowest BCUT2D eigenvalue weighted by molar-refractivity contribution is -0.178. The number of phenols is 1. The Labute approximate surface area is 200 Å². The first-order chi connectivity index (χ1) is 16.4. The average molecular weight is 488 g/mol. The first-order valence-corrected chi connectivity index (χ1v) is 11.1. The third-order valence-corrected chi connectivity index (χ3v) is 7.43. The molecule has 3 aliphatic rings. The quantitative estimate of drug-likeness (QED) is 0.186. The topological polar surface area (TPSA) is 217 Å². The number of likely N-dealkylation sites (N-methyl/N-ethyl adjacent to an activating group) is 1. The number of aromatic hydroxyl groups is 1. The van der Waals surface area contributed by atoms with Crippen LogP contribution in [0.15, 0.2) is 23.5 Å². The van der Waals surface area contributed by atoms with Crippen molar-refractivity contribution in [2.75, 3.05) is 26.0 Å². The van der Waals surface area contributed by atoms with Gasteiger partial charge in [0.2, 0.25) is 11.8 Å². The number of carbonyl (C=O) groups excluding carboxylic acids is 4. The number of anilines is 1. The normalized spacial score (nSPS) is 32.1. The molecule has 0 spiro atoms. The molecule has 0 radical (unpaired) electrons. The van der Waals surface area contributed by atoms with Crippen LogP contribution in [-0.2, 0) is 20.8 Å². The number of aliphatic hydroxyl groups is 3. The Morgan fingerprint density at radius 3 is 2.46 bits per heavy atom. The van der Waals surface area contributed by atoms with Gasteiger partial charge in [0.25, 0.3) is 0 Å². The summed E-state index contributed by atoms with van der Waals surface area (Å²) >= 11 is 0. The number of fused-ring (bicyclic) bond motifs is 3. The second-order valence-electron chi connectivity index (χ2n) is 9.54. The number of allylic oxidation sites excluding steroid dienone is 1. The van der Waals surface area contributed by atoms with Crippen LogP contribution in [-0.4, -0.2) is 87.1 Å². The molecule has 0 saturated heterocycles. The highest BCUT2D eigenvalue weighted by molar-refractivity contribution is 6.16. The number of Topliss-reactive ketones (excluding diaryl/α,β-unsaturated/α-hetero) is 2. The molecular formula is C23H28N4O8. The molecule has 1 aromatic carbocycles.